The highest BCUT2D eigenvalue weighted by Gasteiger charge is 2.27. The Kier molecular flexibility index (Phi) is 3.05. The molecule has 2 nitrogen and oxygen atoms in total. The molecule has 0 spiro atoms. The summed E-state index contributed by atoms with van der Waals surface area (Å²) in [5, 5.41) is 0. The predicted molar refractivity (Wildman–Crippen MR) is 49.6 cm³/mol. The number of rotatable bonds is 3. The van der Waals surface area contributed by atoms with Crippen LogP contribution in [0.5, 0.6) is 5.75 Å². The van der Waals surface area contributed by atoms with Crippen LogP contribution in [0.25, 0.3) is 0 Å². The third-order valence-electron chi connectivity index (χ3n) is 1.92. The molecule has 0 fully saturated rings. The second-order valence-electron chi connectivity index (χ2n) is 2.84. The van der Waals surface area contributed by atoms with Crippen LogP contribution < -0.4 is 15.9 Å². The van der Waals surface area contributed by atoms with Crippen LogP contribution in [0.3, 0.4) is 0 Å². The maximum absolute atomic E-state index is 12.4. The minimum absolute atomic E-state index is 0.0665. The Balaban J connectivity index is 3.18. The van der Waals surface area contributed by atoms with E-state index in [2.05, 4.69) is 0 Å². The first-order chi connectivity index (χ1) is 6.49. The van der Waals surface area contributed by atoms with Gasteiger partial charge in [-0.15, -0.1) is 5.46 Å². The fourth-order valence-corrected chi connectivity index (χ4v) is 1.21. The molecule has 14 heavy (non-hydrogen) atoms. The Bertz CT molecular complexity index is 327. The van der Waals surface area contributed by atoms with Gasteiger partial charge in [-0.05, 0) is 12.1 Å². The fraction of sp³-hybridized carbons (Fsp3) is 0.250. The van der Waals surface area contributed by atoms with E-state index in [0.29, 0.717) is 5.75 Å². The van der Waals surface area contributed by atoms with E-state index in [4.69, 9.17) is 10.5 Å². The van der Waals surface area contributed by atoms with E-state index in [1.165, 1.54) is 19.2 Å². The zero-order valence-corrected chi connectivity index (χ0v) is 7.64. The van der Waals surface area contributed by atoms with Gasteiger partial charge in [-0.1, -0.05) is 11.6 Å². The summed E-state index contributed by atoms with van der Waals surface area (Å²) in [4.78, 5) is 0. The summed E-state index contributed by atoms with van der Waals surface area (Å²) >= 11 is 0. The van der Waals surface area contributed by atoms with Crippen LogP contribution in [-0.4, -0.2) is 14.1 Å². The molecule has 0 bridgehead atoms. The number of ether oxygens (including phenoxy) is 1. The topological polar surface area (TPSA) is 35.2 Å². The highest BCUT2D eigenvalue weighted by molar-refractivity contribution is 6.74. The smallest absolute Gasteiger partial charge is 0.497 e. The van der Waals surface area contributed by atoms with Crippen molar-refractivity contribution >= 4 is 12.4 Å². The van der Waals surface area contributed by atoms with E-state index in [1.54, 1.807) is 0 Å². The van der Waals surface area contributed by atoms with Crippen molar-refractivity contribution in [2.75, 3.05) is 7.11 Å². The van der Waals surface area contributed by atoms with Crippen LogP contribution in [0.15, 0.2) is 18.2 Å². The van der Waals surface area contributed by atoms with Gasteiger partial charge >= 0.3 is 6.98 Å². The van der Waals surface area contributed by atoms with E-state index in [0.717, 1.165) is 6.07 Å². The van der Waals surface area contributed by atoms with Crippen LogP contribution in [0.1, 0.15) is 5.56 Å². The summed E-state index contributed by atoms with van der Waals surface area (Å²) in [5.41, 5.74) is 4.65. The average Bonchev–Trinajstić information content (AvgIpc) is 2.15. The Labute approximate surface area is 79.9 Å². The molecule has 1 aromatic carbocycles. The lowest BCUT2D eigenvalue weighted by molar-refractivity contribution is 0.414. The predicted octanol–water partition coefficient (Wildman–Crippen LogP) is 1.21. The Morgan fingerprint density at radius 3 is 2.43 bits per heavy atom. The van der Waals surface area contributed by atoms with Gasteiger partial charge in [0, 0.05) is 6.54 Å². The molecule has 0 atom stereocenters. The number of benzene rings is 1. The molecular weight excluding hydrogens is 194 g/mol. The number of halogens is 3. The monoisotopic (exact) mass is 204 g/mol. The summed E-state index contributed by atoms with van der Waals surface area (Å²) in [7, 11) is 1.40. The van der Waals surface area contributed by atoms with Gasteiger partial charge in [-0.3, -0.25) is 0 Å². The molecule has 0 aliphatic carbocycles. The van der Waals surface area contributed by atoms with Gasteiger partial charge in [0.25, 0.3) is 0 Å². The molecule has 6 heteroatoms. The molecule has 0 heterocycles. The van der Waals surface area contributed by atoms with Crippen LogP contribution >= 0.6 is 0 Å². The molecule has 0 saturated heterocycles. The molecule has 0 radical (unpaired) electrons. The second-order valence-corrected chi connectivity index (χ2v) is 2.84. The van der Waals surface area contributed by atoms with Crippen molar-refractivity contribution in [3.63, 3.8) is 0 Å². The molecule has 0 aliphatic heterocycles. The minimum Gasteiger partial charge on any atom is -0.497 e. The number of methoxy groups -OCH3 is 1. The fourth-order valence-electron chi connectivity index (χ4n) is 1.21. The second kappa shape index (κ2) is 3.92. The van der Waals surface area contributed by atoms with E-state index >= 15 is 0 Å². The van der Waals surface area contributed by atoms with Gasteiger partial charge < -0.3 is 23.4 Å². The van der Waals surface area contributed by atoms with Gasteiger partial charge in [0.15, 0.2) is 0 Å². The van der Waals surface area contributed by atoms with Crippen molar-refractivity contribution in [1.82, 2.24) is 0 Å². The molecule has 0 aromatic heterocycles. The third-order valence-corrected chi connectivity index (χ3v) is 1.92. The zero-order valence-electron chi connectivity index (χ0n) is 7.64. The van der Waals surface area contributed by atoms with Crippen molar-refractivity contribution in [2.24, 2.45) is 5.73 Å². The third kappa shape index (κ3) is 2.20. The normalized spacial score (nSPS) is 11.5. The minimum atomic E-state index is -4.99. The lowest BCUT2D eigenvalue weighted by Gasteiger charge is -2.19. The summed E-state index contributed by atoms with van der Waals surface area (Å²) in [6.07, 6.45) is 0. The van der Waals surface area contributed by atoms with Gasteiger partial charge in [0.05, 0.1) is 7.11 Å². The quantitative estimate of drug-likeness (QED) is 0.751. The Morgan fingerprint density at radius 2 is 2.00 bits per heavy atom. The SMILES string of the molecule is COc1ccc([B-](F)(F)F)c(CN)c1. The van der Waals surface area contributed by atoms with Crippen LogP contribution in [-0.2, 0) is 6.54 Å². The highest BCUT2D eigenvalue weighted by Crippen LogP contribution is 2.17. The summed E-state index contributed by atoms with van der Waals surface area (Å²) in [5.74, 6) is 0.384. The van der Waals surface area contributed by atoms with E-state index in [-0.39, 0.29) is 12.1 Å². The lowest BCUT2D eigenvalue weighted by Crippen LogP contribution is -2.37. The van der Waals surface area contributed by atoms with Gasteiger partial charge in [0.1, 0.15) is 5.75 Å². The maximum Gasteiger partial charge on any atom is 0.509 e. The number of hydrogen-bond acceptors (Lipinski definition) is 2. The molecular formula is C8H10BF3NO-. The summed E-state index contributed by atoms with van der Waals surface area (Å²) in [6, 6.07) is 3.59. The first kappa shape index (κ1) is 10.9. The lowest BCUT2D eigenvalue weighted by atomic mass is 9.77. The van der Waals surface area contributed by atoms with E-state index in [1.807, 2.05) is 0 Å². The largest absolute Gasteiger partial charge is 0.509 e. The molecule has 0 unspecified atom stereocenters. The van der Waals surface area contributed by atoms with E-state index in [9.17, 15) is 12.9 Å². The first-order valence-corrected chi connectivity index (χ1v) is 4.06. The summed E-state index contributed by atoms with van der Waals surface area (Å²) < 4.78 is 42.1. The Hall–Kier alpha value is -1.17. The van der Waals surface area contributed by atoms with Crippen molar-refractivity contribution in [3.8, 4) is 5.75 Å². The van der Waals surface area contributed by atoms with Crippen LogP contribution in [0.2, 0.25) is 0 Å². The van der Waals surface area contributed by atoms with E-state index < -0.39 is 12.4 Å². The highest BCUT2D eigenvalue weighted by atomic mass is 19.4. The molecule has 0 aliphatic rings. The van der Waals surface area contributed by atoms with Gasteiger partial charge in [-0.2, -0.15) is 0 Å². The standard InChI is InChI=1S/C8H10BF3NO/c1-14-7-2-3-8(9(10,11)12)6(4-7)5-13/h2-4H,5,13H2,1H3/q-1. The van der Waals surface area contributed by atoms with Crippen molar-refractivity contribution in [1.29, 1.82) is 0 Å². The maximum atomic E-state index is 12.4. The summed E-state index contributed by atoms with van der Waals surface area (Å²) in [6.45, 7) is -5.14. The van der Waals surface area contributed by atoms with Gasteiger partial charge in [-0.25, -0.2) is 0 Å². The molecule has 0 saturated carbocycles. The Morgan fingerprint density at radius 1 is 1.36 bits per heavy atom. The number of nitrogens with two attached hydrogens (primary N) is 1. The zero-order chi connectivity index (χ0) is 10.8. The first-order valence-electron chi connectivity index (χ1n) is 4.06. The van der Waals surface area contributed by atoms with Crippen LogP contribution in [0, 0.1) is 0 Å². The van der Waals surface area contributed by atoms with Crippen molar-refractivity contribution in [2.45, 2.75) is 6.54 Å². The van der Waals surface area contributed by atoms with Crippen molar-refractivity contribution < 1.29 is 17.7 Å². The molecule has 78 valence electrons. The molecule has 1 aromatic rings. The number of hydrogen-bond donors (Lipinski definition) is 1. The molecule has 1 rings (SSSR count). The molecule has 2 N–H and O–H groups in total. The van der Waals surface area contributed by atoms with Gasteiger partial charge in [0.2, 0.25) is 0 Å². The average molecular weight is 204 g/mol. The van der Waals surface area contributed by atoms with Crippen LogP contribution in [0.4, 0.5) is 12.9 Å². The molecule has 0 amide bonds. The van der Waals surface area contributed by atoms with Crippen molar-refractivity contribution in [3.05, 3.63) is 23.8 Å².